The second-order valence-corrected chi connectivity index (χ2v) is 4.51. The molecule has 0 aliphatic heterocycles. The number of carbonyl (C=O) groups excluding carboxylic acids is 1. The molecule has 4 nitrogen and oxygen atoms in total. The number of terminal acetylenes is 1. The van der Waals surface area contributed by atoms with Gasteiger partial charge >= 0.3 is 0 Å². The van der Waals surface area contributed by atoms with Crippen molar-refractivity contribution >= 4 is 15.7 Å². The number of amides is 1. The lowest BCUT2D eigenvalue weighted by molar-refractivity contribution is -0.118. The van der Waals surface area contributed by atoms with E-state index in [-0.39, 0.29) is 0 Å². The van der Waals surface area contributed by atoms with Crippen molar-refractivity contribution < 1.29 is 13.2 Å². The van der Waals surface area contributed by atoms with Gasteiger partial charge in [0.2, 0.25) is 5.91 Å². The zero-order valence-electron chi connectivity index (χ0n) is 6.83. The van der Waals surface area contributed by atoms with Crippen molar-refractivity contribution in [3.8, 4) is 12.3 Å². The largest absolute Gasteiger partial charge is 0.354 e. The summed E-state index contributed by atoms with van der Waals surface area (Å²) in [5, 5.41) is 2.38. The van der Waals surface area contributed by atoms with E-state index in [4.69, 9.17) is 6.42 Å². The van der Waals surface area contributed by atoms with E-state index in [1.54, 1.807) is 0 Å². The molecule has 0 aliphatic rings. The van der Waals surface area contributed by atoms with Gasteiger partial charge in [0.25, 0.3) is 0 Å². The first-order valence-electron chi connectivity index (χ1n) is 3.33. The molecule has 0 aromatic carbocycles. The Morgan fingerprint density at radius 2 is 2.17 bits per heavy atom. The summed E-state index contributed by atoms with van der Waals surface area (Å²) in [7, 11) is -3.22. The SMILES string of the molecule is C#CCCNC(=O)CS(C)(=O)=O. The topological polar surface area (TPSA) is 63.2 Å². The fourth-order valence-corrected chi connectivity index (χ4v) is 1.14. The number of hydrogen-bond acceptors (Lipinski definition) is 3. The molecule has 5 heteroatoms. The van der Waals surface area contributed by atoms with Crippen LogP contribution in [0, 0.1) is 12.3 Å². The Hall–Kier alpha value is -1.02. The first-order chi connectivity index (χ1) is 5.45. The van der Waals surface area contributed by atoms with Crippen molar-refractivity contribution in [3.63, 3.8) is 0 Å². The zero-order valence-corrected chi connectivity index (χ0v) is 7.65. The lowest BCUT2D eigenvalue weighted by Crippen LogP contribution is -2.30. The van der Waals surface area contributed by atoms with Crippen LogP contribution in [0.4, 0.5) is 0 Å². The summed E-state index contributed by atoms with van der Waals surface area (Å²) < 4.78 is 21.1. The summed E-state index contributed by atoms with van der Waals surface area (Å²) >= 11 is 0. The molecule has 0 bridgehead atoms. The summed E-state index contributed by atoms with van der Waals surface area (Å²) in [6, 6.07) is 0. The van der Waals surface area contributed by atoms with Crippen molar-refractivity contribution in [2.24, 2.45) is 0 Å². The van der Waals surface area contributed by atoms with Gasteiger partial charge in [0.1, 0.15) is 5.75 Å². The van der Waals surface area contributed by atoms with Gasteiger partial charge in [-0.3, -0.25) is 4.79 Å². The molecule has 0 aliphatic carbocycles. The van der Waals surface area contributed by atoms with Crippen LogP contribution in [-0.2, 0) is 14.6 Å². The highest BCUT2D eigenvalue weighted by Gasteiger charge is 2.08. The molecular weight excluding hydrogens is 178 g/mol. The minimum absolute atomic E-state index is 0.324. The first-order valence-corrected chi connectivity index (χ1v) is 5.39. The number of rotatable bonds is 4. The van der Waals surface area contributed by atoms with Crippen LogP contribution in [0.2, 0.25) is 0 Å². The van der Waals surface area contributed by atoms with Crippen LogP contribution in [0.1, 0.15) is 6.42 Å². The maximum absolute atomic E-state index is 10.8. The minimum Gasteiger partial charge on any atom is -0.354 e. The Morgan fingerprint density at radius 3 is 2.58 bits per heavy atom. The molecule has 0 aromatic heterocycles. The highest BCUT2D eigenvalue weighted by Crippen LogP contribution is 1.82. The molecule has 0 aromatic rings. The van der Waals surface area contributed by atoms with E-state index in [0.29, 0.717) is 13.0 Å². The second-order valence-electron chi connectivity index (χ2n) is 2.37. The van der Waals surface area contributed by atoms with Crippen molar-refractivity contribution in [1.82, 2.24) is 5.32 Å². The molecule has 68 valence electrons. The molecule has 0 saturated carbocycles. The van der Waals surface area contributed by atoms with Gasteiger partial charge < -0.3 is 5.32 Å². The van der Waals surface area contributed by atoms with E-state index in [9.17, 15) is 13.2 Å². The van der Waals surface area contributed by atoms with Crippen molar-refractivity contribution in [2.75, 3.05) is 18.6 Å². The zero-order chi connectivity index (χ0) is 9.61. The molecule has 0 unspecified atom stereocenters. The third-order valence-corrected chi connectivity index (χ3v) is 1.77. The Kier molecular flexibility index (Phi) is 4.37. The molecular formula is C7H11NO3S. The second kappa shape index (κ2) is 4.78. The fourth-order valence-electron chi connectivity index (χ4n) is 0.563. The Balaban J connectivity index is 3.71. The molecule has 12 heavy (non-hydrogen) atoms. The lowest BCUT2D eigenvalue weighted by atomic mass is 10.4. The molecule has 0 atom stereocenters. The van der Waals surface area contributed by atoms with Crippen LogP contribution in [-0.4, -0.2) is 32.9 Å². The number of hydrogen-bond donors (Lipinski definition) is 1. The predicted molar refractivity (Wildman–Crippen MR) is 46.2 cm³/mol. The monoisotopic (exact) mass is 189 g/mol. The van der Waals surface area contributed by atoms with Crippen LogP contribution in [0.5, 0.6) is 0 Å². The van der Waals surface area contributed by atoms with Crippen molar-refractivity contribution in [3.05, 3.63) is 0 Å². The van der Waals surface area contributed by atoms with Gasteiger partial charge in [0.05, 0.1) is 0 Å². The van der Waals surface area contributed by atoms with Gasteiger partial charge in [-0.1, -0.05) is 0 Å². The number of nitrogens with one attached hydrogen (secondary N) is 1. The van der Waals surface area contributed by atoms with Crippen LogP contribution in [0.3, 0.4) is 0 Å². The maximum Gasteiger partial charge on any atom is 0.235 e. The van der Waals surface area contributed by atoms with E-state index in [2.05, 4.69) is 11.2 Å². The maximum atomic E-state index is 10.8. The van der Waals surface area contributed by atoms with Gasteiger partial charge in [-0.2, -0.15) is 0 Å². The number of sulfone groups is 1. The van der Waals surface area contributed by atoms with E-state index in [1.807, 2.05) is 0 Å². The predicted octanol–water partition coefficient (Wildman–Crippen LogP) is -0.829. The number of carbonyl (C=O) groups is 1. The van der Waals surface area contributed by atoms with E-state index >= 15 is 0 Å². The Labute approximate surface area is 72.3 Å². The summed E-state index contributed by atoms with van der Waals surface area (Å²) in [4.78, 5) is 10.8. The van der Waals surface area contributed by atoms with Crippen LogP contribution in [0.25, 0.3) is 0 Å². The summed E-state index contributed by atoms with van der Waals surface area (Å²) in [5.74, 6) is 1.34. The molecule has 0 radical (unpaired) electrons. The quantitative estimate of drug-likeness (QED) is 0.464. The van der Waals surface area contributed by atoms with Crippen molar-refractivity contribution in [1.29, 1.82) is 0 Å². The molecule has 0 fully saturated rings. The molecule has 0 heterocycles. The van der Waals surface area contributed by atoms with Gasteiger partial charge in [-0.15, -0.1) is 12.3 Å². The third kappa shape index (κ3) is 7.09. The third-order valence-electron chi connectivity index (χ3n) is 0.985. The first kappa shape index (κ1) is 11.0. The normalized spacial score (nSPS) is 10.3. The summed E-state index contributed by atoms with van der Waals surface area (Å²) in [5.41, 5.74) is 0. The van der Waals surface area contributed by atoms with E-state index in [1.165, 1.54) is 0 Å². The van der Waals surface area contributed by atoms with Gasteiger partial charge in [0.15, 0.2) is 9.84 Å². The van der Waals surface area contributed by atoms with Gasteiger partial charge in [-0.05, 0) is 0 Å². The standard InChI is InChI=1S/C7H11NO3S/c1-3-4-5-8-7(9)6-12(2,10)11/h1H,4-6H2,2H3,(H,8,9). The molecule has 0 rings (SSSR count). The molecule has 0 spiro atoms. The lowest BCUT2D eigenvalue weighted by Gasteiger charge is -2.00. The van der Waals surface area contributed by atoms with Crippen LogP contribution < -0.4 is 5.32 Å². The van der Waals surface area contributed by atoms with Crippen molar-refractivity contribution in [2.45, 2.75) is 6.42 Å². The highest BCUT2D eigenvalue weighted by atomic mass is 32.2. The van der Waals surface area contributed by atoms with Crippen LogP contribution >= 0.6 is 0 Å². The molecule has 1 N–H and O–H groups in total. The highest BCUT2D eigenvalue weighted by molar-refractivity contribution is 7.91. The van der Waals surface area contributed by atoms with Gasteiger partial charge in [-0.25, -0.2) is 8.42 Å². The van der Waals surface area contributed by atoms with E-state index in [0.717, 1.165) is 6.26 Å². The average molecular weight is 189 g/mol. The summed E-state index contributed by atoms with van der Waals surface area (Å²) in [6.45, 7) is 0.324. The molecule has 1 amide bonds. The fraction of sp³-hybridized carbons (Fsp3) is 0.571. The van der Waals surface area contributed by atoms with Crippen LogP contribution in [0.15, 0.2) is 0 Å². The molecule has 0 saturated heterocycles. The Bertz CT molecular complexity index is 286. The van der Waals surface area contributed by atoms with E-state index < -0.39 is 21.5 Å². The minimum atomic E-state index is -3.22. The summed E-state index contributed by atoms with van der Waals surface area (Å²) in [6.07, 6.45) is 6.34. The van der Waals surface area contributed by atoms with Gasteiger partial charge in [0, 0.05) is 19.2 Å². The Morgan fingerprint density at radius 1 is 1.58 bits per heavy atom. The smallest absolute Gasteiger partial charge is 0.235 e. The average Bonchev–Trinajstić information content (AvgIpc) is 1.84.